The van der Waals surface area contributed by atoms with E-state index in [-0.39, 0.29) is 5.91 Å². The lowest BCUT2D eigenvalue weighted by atomic mass is 10.1. The van der Waals surface area contributed by atoms with Crippen LogP contribution in [0.2, 0.25) is 0 Å². The Labute approximate surface area is 208 Å². The molecule has 0 radical (unpaired) electrons. The van der Waals surface area contributed by atoms with E-state index in [9.17, 15) is 10.1 Å². The third kappa shape index (κ3) is 4.05. The van der Waals surface area contributed by atoms with Crippen LogP contribution in [0.4, 0.5) is 0 Å². The third-order valence-electron chi connectivity index (χ3n) is 6.08. The molecule has 0 bridgehead atoms. The van der Waals surface area contributed by atoms with Crippen LogP contribution >= 0.6 is 24.0 Å². The van der Waals surface area contributed by atoms with Gasteiger partial charge in [0.25, 0.3) is 5.91 Å². The fraction of sp³-hybridized carbons (Fsp3) is 0.107. The van der Waals surface area contributed by atoms with Crippen molar-refractivity contribution in [2.75, 3.05) is 0 Å². The largest absolute Gasteiger partial charge is 0.340 e. The number of fused-ring (bicyclic) bond motifs is 1. The second-order valence-corrected chi connectivity index (χ2v) is 9.80. The monoisotopic (exact) mass is 479 g/mol. The molecule has 1 saturated heterocycles. The summed E-state index contributed by atoms with van der Waals surface area (Å²) in [5, 5.41) is 10.6. The van der Waals surface area contributed by atoms with Crippen LogP contribution in [0.25, 0.3) is 17.0 Å². The summed E-state index contributed by atoms with van der Waals surface area (Å²) in [7, 11) is 0. The van der Waals surface area contributed by atoms with Crippen LogP contribution in [0.5, 0.6) is 0 Å². The van der Waals surface area contributed by atoms with E-state index in [1.54, 1.807) is 4.90 Å². The summed E-state index contributed by atoms with van der Waals surface area (Å²) in [6.07, 6.45) is 1.97. The number of aromatic nitrogens is 1. The molecule has 6 heteroatoms. The molecule has 0 N–H and O–H groups in total. The summed E-state index contributed by atoms with van der Waals surface area (Å²) in [6, 6.07) is 28.0. The Bertz CT molecular complexity index is 1500. The zero-order valence-corrected chi connectivity index (χ0v) is 20.2. The minimum absolute atomic E-state index is 0.0649. The van der Waals surface area contributed by atoms with Crippen LogP contribution < -0.4 is 0 Å². The van der Waals surface area contributed by atoms with E-state index in [0.717, 1.165) is 33.3 Å². The second kappa shape index (κ2) is 9.30. The van der Waals surface area contributed by atoms with Gasteiger partial charge in [-0.3, -0.25) is 9.69 Å². The smallest absolute Gasteiger partial charge is 0.266 e. The van der Waals surface area contributed by atoms with E-state index in [0.29, 0.717) is 27.9 Å². The summed E-state index contributed by atoms with van der Waals surface area (Å²) in [6.45, 7) is 3.11. The molecule has 1 aliphatic heterocycles. The molecule has 166 valence electrons. The number of para-hydroxylation sites is 1. The van der Waals surface area contributed by atoms with Gasteiger partial charge in [-0.25, -0.2) is 0 Å². The van der Waals surface area contributed by atoms with Gasteiger partial charge in [0.05, 0.1) is 23.1 Å². The molecule has 0 unspecified atom stereocenters. The Morgan fingerprint density at radius 1 is 0.971 bits per heavy atom. The summed E-state index contributed by atoms with van der Waals surface area (Å²) in [5.74, 6) is -0.0649. The number of hydrogen-bond acceptors (Lipinski definition) is 4. The van der Waals surface area contributed by atoms with Crippen molar-refractivity contribution in [3.8, 4) is 6.07 Å². The van der Waals surface area contributed by atoms with E-state index in [2.05, 4.69) is 29.7 Å². The minimum atomic E-state index is -0.0649. The van der Waals surface area contributed by atoms with Gasteiger partial charge in [0, 0.05) is 28.7 Å². The summed E-state index contributed by atoms with van der Waals surface area (Å²) >= 11 is 6.90. The maximum Gasteiger partial charge on any atom is 0.266 e. The number of amides is 1. The van der Waals surface area contributed by atoms with Crippen molar-refractivity contribution < 1.29 is 4.79 Å². The molecule has 1 fully saturated rings. The Morgan fingerprint density at radius 3 is 2.47 bits per heavy atom. The molecule has 5 rings (SSSR count). The maximum absolute atomic E-state index is 13.3. The lowest BCUT2D eigenvalue weighted by Crippen LogP contribution is -2.27. The molecule has 4 aromatic rings. The molecule has 0 atom stereocenters. The summed E-state index contributed by atoms with van der Waals surface area (Å²) in [4.78, 5) is 15.6. The van der Waals surface area contributed by atoms with Crippen LogP contribution in [0.3, 0.4) is 0 Å². The minimum Gasteiger partial charge on any atom is -0.340 e. The Kier molecular flexibility index (Phi) is 6.06. The molecule has 1 aromatic heterocycles. The molecule has 1 aliphatic rings. The van der Waals surface area contributed by atoms with Crippen LogP contribution in [0.15, 0.2) is 83.8 Å². The molecule has 3 aromatic carbocycles. The lowest BCUT2D eigenvalue weighted by Gasteiger charge is -2.14. The van der Waals surface area contributed by atoms with Gasteiger partial charge >= 0.3 is 0 Å². The first-order valence-corrected chi connectivity index (χ1v) is 12.1. The lowest BCUT2D eigenvalue weighted by molar-refractivity contribution is -0.122. The normalized spacial score (nSPS) is 14.8. The van der Waals surface area contributed by atoms with Gasteiger partial charge in [-0.1, -0.05) is 90.7 Å². The van der Waals surface area contributed by atoms with Gasteiger partial charge in [0.15, 0.2) is 0 Å². The summed E-state index contributed by atoms with van der Waals surface area (Å²) in [5.41, 5.74) is 5.80. The van der Waals surface area contributed by atoms with Crippen LogP contribution in [-0.2, 0) is 17.9 Å². The average Bonchev–Trinajstić information content (AvgIpc) is 3.28. The molecule has 2 heterocycles. The zero-order valence-electron chi connectivity index (χ0n) is 18.6. The Balaban J connectivity index is 1.53. The van der Waals surface area contributed by atoms with Crippen molar-refractivity contribution in [2.45, 2.75) is 20.0 Å². The van der Waals surface area contributed by atoms with Crippen molar-refractivity contribution in [1.82, 2.24) is 9.47 Å². The number of carbonyl (C=O) groups excluding carboxylic acids is 1. The Hall–Kier alpha value is -3.66. The number of thiocarbonyl (C=S) groups is 1. The van der Waals surface area contributed by atoms with Gasteiger partial charge in [0.2, 0.25) is 0 Å². The van der Waals surface area contributed by atoms with E-state index in [1.165, 1.54) is 11.8 Å². The molecule has 0 saturated carbocycles. The Morgan fingerprint density at radius 2 is 1.68 bits per heavy atom. The SMILES string of the molecule is Cc1c(/C=C2/SC(=S)N(Cc3ccccc3)C2=O)c2ccccc2n1Cc1ccccc1C#N. The standard InChI is InChI=1S/C28H21N3OS2/c1-19-24(15-26-27(32)31(28(33)34-26)17-20-9-3-2-4-10-20)23-13-7-8-14-25(23)30(19)18-22-12-6-5-11-21(22)16-29/h2-15H,17-18H2,1H3/b26-15+. The molecule has 0 aliphatic carbocycles. The van der Waals surface area contributed by atoms with E-state index < -0.39 is 0 Å². The van der Waals surface area contributed by atoms with Gasteiger partial charge < -0.3 is 4.57 Å². The van der Waals surface area contributed by atoms with Gasteiger partial charge in [-0.05, 0) is 36.3 Å². The fourth-order valence-corrected chi connectivity index (χ4v) is 5.55. The number of carbonyl (C=O) groups is 1. The van der Waals surface area contributed by atoms with E-state index in [1.807, 2.05) is 72.8 Å². The second-order valence-electron chi connectivity index (χ2n) is 8.12. The van der Waals surface area contributed by atoms with Crippen molar-refractivity contribution in [1.29, 1.82) is 5.26 Å². The van der Waals surface area contributed by atoms with Crippen molar-refractivity contribution in [2.24, 2.45) is 0 Å². The predicted molar refractivity (Wildman–Crippen MR) is 142 cm³/mol. The van der Waals surface area contributed by atoms with Gasteiger partial charge in [-0.15, -0.1) is 0 Å². The molecular formula is C28H21N3OS2. The molecule has 0 spiro atoms. The number of nitrogens with zero attached hydrogens (tertiary/aromatic N) is 3. The number of hydrogen-bond donors (Lipinski definition) is 0. The molecule has 1 amide bonds. The number of rotatable bonds is 5. The first-order chi connectivity index (χ1) is 16.6. The number of thioether (sulfide) groups is 1. The third-order valence-corrected chi connectivity index (χ3v) is 7.46. The maximum atomic E-state index is 13.3. The molecule has 4 nitrogen and oxygen atoms in total. The van der Waals surface area contributed by atoms with Crippen LogP contribution in [-0.4, -0.2) is 19.7 Å². The highest BCUT2D eigenvalue weighted by Gasteiger charge is 2.32. The number of nitriles is 1. The quantitative estimate of drug-likeness (QED) is 0.250. The van der Waals surface area contributed by atoms with Gasteiger partial charge in [-0.2, -0.15) is 5.26 Å². The average molecular weight is 480 g/mol. The van der Waals surface area contributed by atoms with E-state index >= 15 is 0 Å². The topological polar surface area (TPSA) is 49.0 Å². The van der Waals surface area contributed by atoms with Crippen molar-refractivity contribution >= 4 is 51.2 Å². The highest BCUT2D eigenvalue weighted by Crippen LogP contribution is 2.36. The first-order valence-electron chi connectivity index (χ1n) is 10.9. The summed E-state index contributed by atoms with van der Waals surface area (Å²) < 4.78 is 2.78. The molecule has 34 heavy (non-hydrogen) atoms. The fourth-order valence-electron chi connectivity index (χ4n) is 4.31. The number of benzene rings is 3. The van der Waals surface area contributed by atoms with Crippen LogP contribution in [0, 0.1) is 18.3 Å². The molecular weight excluding hydrogens is 458 g/mol. The van der Waals surface area contributed by atoms with Crippen molar-refractivity contribution in [3.05, 3.63) is 112 Å². The highest BCUT2D eigenvalue weighted by molar-refractivity contribution is 8.26. The van der Waals surface area contributed by atoms with Gasteiger partial charge in [0.1, 0.15) is 4.32 Å². The zero-order chi connectivity index (χ0) is 23.7. The first kappa shape index (κ1) is 22.1. The predicted octanol–water partition coefficient (Wildman–Crippen LogP) is 6.27. The van der Waals surface area contributed by atoms with E-state index in [4.69, 9.17) is 12.2 Å². The van der Waals surface area contributed by atoms with Crippen molar-refractivity contribution in [3.63, 3.8) is 0 Å². The van der Waals surface area contributed by atoms with Crippen LogP contribution in [0.1, 0.15) is 27.9 Å². The highest BCUT2D eigenvalue weighted by atomic mass is 32.2.